The van der Waals surface area contributed by atoms with Crippen molar-refractivity contribution in [2.75, 3.05) is 0 Å². The monoisotopic (exact) mass is 548 g/mol. The van der Waals surface area contributed by atoms with E-state index in [0.717, 1.165) is 27.3 Å². The molecule has 0 aliphatic heterocycles. The van der Waals surface area contributed by atoms with Crippen molar-refractivity contribution in [1.29, 1.82) is 0 Å². The van der Waals surface area contributed by atoms with Gasteiger partial charge in [-0.3, -0.25) is 0 Å². The van der Waals surface area contributed by atoms with Gasteiger partial charge in [-0.25, -0.2) is 0 Å². The largest absolute Gasteiger partial charge is 0.147 e. The maximum Gasteiger partial charge on any atom is -0.147 e. The van der Waals surface area contributed by atoms with E-state index in [1.165, 1.54) is 25.7 Å². The van der Waals surface area contributed by atoms with Gasteiger partial charge in [-0.1, -0.05) is 0 Å². The minimum Gasteiger partial charge on any atom is -0.147 e. The van der Waals surface area contributed by atoms with Gasteiger partial charge >= 0.3 is 144 Å². The predicted octanol–water partition coefficient (Wildman–Crippen LogP) is 6.51. The molecule has 24 heavy (non-hydrogen) atoms. The number of hydrogen-bond donors (Lipinski definition) is 0. The van der Waals surface area contributed by atoms with Crippen molar-refractivity contribution in [3.8, 4) is 0 Å². The molecule has 5 unspecified atom stereocenters. The van der Waals surface area contributed by atoms with Crippen molar-refractivity contribution in [2.24, 2.45) is 23.7 Å². The van der Waals surface area contributed by atoms with E-state index >= 15 is 0 Å². The Kier molecular flexibility index (Phi) is 7.86. The Hall–Kier alpha value is 0.627. The van der Waals surface area contributed by atoms with Gasteiger partial charge in [-0.15, -0.1) is 24.8 Å². The molecule has 0 aromatic carbocycles. The Balaban J connectivity index is 0.00000104. The second-order valence-electron chi connectivity index (χ2n) is 7.80. The van der Waals surface area contributed by atoms with Crippen LogP contribution in [0.3, 0.4) is 0 Å². The summed E-state index contributed by atoms with van der Waals surface area (Å²) in [5.41, 5.74) is -0.0912. The van der Waals surface area contributed by atoms with E-state index in [-0.39, 0.29) is 30.3 Å². The number of rotatable bonds is 2. The zero-order chi connectivity index (χ0) is 15.1. The molecule has 0 spiro atoms. The fourth-order valence-corrected chi connectivity index (χ4v) is 35.4. The Labute approximate surface area is 167 Å². The summed E-state index contributed by atoms with van der Waals surface area (Å²) < 4.78 is 3.11. The normalized spacial score (nSPS) is 35.4. The molecule has 2 saturated carbocycles. The van der Waals surface area contributed by atoms with Crippen molar-refractivity contribution < 1.29 is 20.1 Å². The number of fused-ring (bicyclic) bond motifs is 3. The molecule has 0 saturated heterocycles. The van der Waals surface area contributed by atoms with Crippen LogP contribution in [0.2, 0.25) is 16.8 Å². The van der Waals surface area contributed by atoms with Gasteiger partial charge in [0.1, 0.15) is 0 Å². The fourth-order valence-electron chi connectivity index (χ4n) is 5.75. The quantitative estimate of drug-likeness (QED) is 0.346. The molecule has 0 amide bonds. The molecular formula is C20H30Cl2HfSi. The van der Waals surface area contributed by atoms with E-state index in [1.807, 2.05) is 3.33 Å². The van der Waals surface area contributed by atoms with Crippen molar-refractivity contribution in [3.63, 3.8) is 0 Å². The number of allylic oxidation sites excluding steroid dienone is 8. The molecule has 132 valence electrons. The van der Waals surface area contributed by atoms with Crippen LogP contribution in [-0.4, -0.2) is 5.49 Å². The van der Waals surface area contributed by atoms with Crippen LogP contribution in [0.25, 0.3) is 0 Å². The molecule has 0 bridgehead atoms. The van der Waals surface area contributed by atoms with Crippen LogP contribution in [0.1, 0.15) is 32.1 Å². The van der Waals surface area contributed by atoms with Gasteiger partial charge in [0.15, 0.2) is 0 Å². The zero-order valence-corrected chi connectivity index (χ0v) is 21.0. The zero-order valence-electron chi connectivity index (χ0n) is 14.8. The average Bonchev–Trinajstić information content (AvgIpc) is 3.16. The second-order valence-corrected chi connectivity index (χ2v) is 32.7. The van der Waals surface area contributed by atoms with Crippen LogP contribution in [0.4, 0.5) is 0 Å². The maximum absolute atomic E-state index is 2.65. The molecule has 0 aromatic heterocycles. The molecule has 2 fully saturated rings. The van der Waals surface area contributed by atoms with Crippen LogP contribution in [0.15, 0.2) is 45.9 Å². The smallest absolute Gasteiger partial charge is 0.147 e. The van der Waals surface area contributed by atoms with Gasteiger partial charge in [-0.05, 0) is 0 Å². The molecule has 0 nitrogen and oxygen atoms in total. The van der Waals surface area contributed by atoms with E-state index in [1.54, 1.807) is 6.42 Å². The first-order valence-electron chi connectivity index (χ1n) is 9.16. The summed E-state index contributed by atoms with van der Waals surface area (Å²) in [6.45, 7) is 5.30. The second kappa shape index (κ2) is 9.02. The summed E-state index contributed by atoms with van der Waals surface area (Å²) >= 11 is -1.68. The predicted molar refractivity (Wildman–Crippen MR) is 108 cm³/mol. The van der Waals surface area contributed by atoms with E-state index in [4.69, 9.17) is 0 Å². The van der Waals surface area contributed by atoms with Gasteiger partial charge in [0.05, 0.1) is 0 Å². The van der Waals surface area contributed by atoms with Gasteiger partial charge in [-0.2, -0.15) is 0 Å². The minimum absolute atomic E-state index is 0. The topological polar surface area (TPSA) is 0 Å². The summed E-state index contributed by atoms with van der Waals surface area (Å²) in [5.74, 6) is 3.93. The number of hydrogen-bond acceptors (Lipinski definition) is 0. The van der Waals surface area contributed by atoms with Crippen molar-refractivity contribution in [2.45, 2.75) is 48.9 Å². The first-order valence-corrected chi connectivity index (χ1v) is 20.9. The van der Waals surface area contributed by atoms with Crippen molar-refractivity contribution >= 4 is 30.3 Å². The summed E-state index contributed by atoms with van der Waals surface area (Å²) in [5, 5.41) is 0. The molecule has 0 aromatic rings. The van der Waals surface area contributed by atoms with E-state index in [0.29, 0.717) is 0 Å². The standard InChI is InChI=1S/C13H17.C5H5.C2H6Si.2ClH.Hf/c1-3-7-12-10(5-1)9-11-6-2-4-8-13(11)12;1-2-4-5-3-1;1-3-2;;;/h1,3,5,7,9-13H,2,4,6,8H2;1-3H,4H2;1-2H3;2*1H;. The molecular weight excluding hydrogens is 518 g/mol. The Bertz CT molecular complexity index is 613. The van der Waals surface area contributed by atoms with Crippen LogP contribution >= 0.6 is 24.8 Å². The van der Waals surface area contributed by atoms with Gasteiger partial charge in [0.25, 0.3) is 0 Å². The van der Waals surface area contributed by atoms with Crippen LogP contribution < -0.4 is 0 Å². The maximum atomic E-state index is 2.65. The van der Waals surface area contributed by atoms with Gasteiger partial charge in [0, 0.05) is 0 Å². The first kappa shape index (κ1) is 20.9. The molecule has 0 heterocycles. The van der Waals surface area contributed by atoms with Crippen LogP contribution in [0, 0.1) is 23.7 Å². The summed E-state index contributed by atoms with van der Waals surface area (Å²) in [7, 11) is 0. The Morgan fingerprint density at radius 2 is 1.58 bits per heavy atom. The van der Waals surface area contributed by atoms with Crippen molar-refractivity contribution in [3.05, 3.63) is 45.9 Å². The van der Waals surface area contributed by atoms with E-state index in [2.05, 4.69) is 55.6 Å². The third-order valence-corrected chi connectivity index (χ3v) is 33.6. The third kappa shape index (κ3) is 3.68. The fraction of sp³-hybridized carbons (Fsp3) is 0.600. The van der Waals surface area contributed by atoms with E-state index in [9.17, 15) is 0 Å². The van der Waals surface area contributed by atoms with Crippen LogP contribution in [0.5, 0.6) is 0 Å². The molecule has 0 N–H and O–H groups in total. The summed E-state index contributed by atoms with van der Waals surface area (Å²) in [6, 6.07) is 0. The summed E-state index contributed by atoms with van der Waals surface area (Å²) in [4.78, 5) is 0. The molecule has 4 aliphatic rings. The minimum atomic E-state index is -1.68. The Morgan fingerprint density at radius 3 is 2.21 bits per heavy atom. The summed E-state index contributed by atoms with van der Waals surface area (Å²) in [6.07, 6.45) is 24.7. The van der Waals surface area contributed by atoms with Crippen LogP contribution in [-0.2, 0) is 20.1 Å². The molecule has 4 aliphatic carbocycles. The Morgan fingerprint density at radius 1 is 0.917 bits per heavy atom. The van der Waals surface area contributed by atoms with E-state index < -0.39 is 20.1 Å². The number of halogens is 2. The molecule has 4 heteroatoms. The molecule has 4 rings (SSSR count). The molecule has 5 atom stereocenters. The molecule has 0 radical (unpaired) electrons. The van der Waals surface area contributed by atoms with Gasteiger partial charge in [0.2, 0.25) is 0 Å². The first-order chi connectivity index (χ1) is 10.8. The third-order valence-electron chi connectivity index (χ3n) is 6.46. The van der Waals surface area contributed by atoms with Crippen molar-refractivity contribution in [1.82, 2.24) is 0 Å². The van der Waals surface area contributed by atoms with Gasteiger partial charge < -0.3 is 0 Å². The average molecular weight is 548 g/mol. The SMILES string of the molecule is C[Si](C)=[Hf]([C]1=CC=CC1)[CH]1C2C=CC=CC2C2CCCCC21.Cl.Cl.